The van der Waals surface area contributed by atoms with Crippen molar-refractivity contribution in [2.45, 2.75) is 254 Å². The van der Waals surface area contributed by atoms with E-state index in [9.17, 15) is 57.6 Å². The molecule has 11 N–H and O–H groups in total. The molecular formula is C110H186I2N7O24P5. The Balaban J connectivity index is 0. The highest BCUT2D eigenvalue weighted by atomic mass is 127. The minimum atomic E-state index is -4.15. The Kier molecular flexibility index (Phi) is 74.2. The lowest BCUT2D eigenvalue weighted by atomic mass is 9.97. The molecular weight excluding hydrogens is 2210 g/mol. The third kappa shape index (κ3) is 63.2. The number of carboxylic acids is 1. The van der Waals surface area contributed by atoms with E-state index >= 15 is 0 Å². The van der Waals surface area contributed by atoms with Gasteiger partial charge in [0, 0.05) is 121 Å². The van der Waals surface area contributed by atoms with Gasteiger partial charge in [-0.2, -0.15) is 0 Å². The second-order valence-corrected chi connectivity index (χ2v) is 52.8. The van der Waals surface area contributed by atoms with Gasteiger partial charge in [-0.1, -0.05) is 309 Å². The van der Waals surface area contributed by atoms with Crippen LogP contribution in [-0.2, 0) is 124 Å². The first-order valence-corrected chi connectivity index (χ1v) is 59.1. The minimum Gasteiger partial charge on any atom is -1.00 e. The fraction of sp³-hybridized carbons (Fsp3) is 0.591. The number of nitrogens with zero attached hydrogens (tertiary/aromatic N) is 5. The number of hydrogen-bond donors (Lipinski definition) is 9. The number of likely N-dealkylation sites (N-methyl/N-ethyl adjacent to an activating group) is 2. The first-order chi connectivity index (χ1) is 68.2. The lowest BCUT2D eigenvalue weighted by molar-refractivity contribution is -0.900. The summed E-state index contributed by atoms with van der Waals surface area (Å²) in [7, 11) is 5.31. The zero-order chi connectivity index (χ0) is 111. The van der Waals surface area contributed by atoms with Crippen LogP contribution in [0.3, 0.4) is 0 Å². The number of carbonyl (C=O) groups excluding carboxylic acids is 2. The molecule has 11 atom stereocenters. The third-order valence-corrected chi connectivity index (χ3v) is 32.4. The lowest BCUT2D eigenvalue weighted by Crippen LogP contribution is -3.00. The minimum absolute atomic E-state index is 0. The summed E-state index contributed by atoms with van der Waals surface area (Å²) in [5.41, 5.74) is 19.0. The molecule has 0 saturated carbocycles. The molecule has 0 radical (unpaired) electrons. The van der Waals surface area contributed by atoms with Crippen LogP contribution in [0.15, 0.2) is 212 Å². The summed E-state index contributed by atoms with van der Waals surface area (Å²) in [6.07, 6.45) is 0.908. The van der Waals surface area contributed by atoms with Gasteiger partial charge in [0.25, 0.3) is 0 Å². The molecule has 0 saturated heterocycles. The molecule has 0 amide bonds. The Morgan fingerprint density at radius 3 is 0.811 bits per heavy atom. The third-order valence-electron chi connectivity index (χ3n) is 24.0. The number of benzene rings is 7. The van der Waals surface area contributed by atoms with Gasteiger partial charge < -0.3 is 145 Å². The predicted molar refractivity (Wildman–Crippen MR) is 589 cm³/mol. The molecule has 0 aliphatic heterocycles. The second-order valence-electron chi connectivity index (χ2n) is 41.9. The summed E-state index contributed by atoms with van der Waals surface area (Å²) in [6.45, 7) is 33.3. The Morgan fingerprint density at radius 2 is 0.561 bits per heavy atom. The fourth-order valence-corrected chi connectivity index (χ4v) is 21.4. The second kappa shape index (κ2) is 75.7. The number of carboxylic acid groups (broad SMARTS) is 1. The maximum absolute atomic E-state index is 13.3. The lowest BCUT2D eigenvalue weighted by Gasteiger charge is -2.38. The maximum Gasteiger partial charge on any atom is 0.337 e. The van der Waals surface area contributed by atoms with Gasteiger partial charge in [-0.3, -0.25) is 51.9 Å². The number of ketones is 1. The molecule has 0 spiro atoms. The normalized spacial score (nSPS) is 14.3. The summed E-state index contributed by atoms with van der Waals surface area (Å²) in [6, 6.07) is 69.0. The molecule has 0 aromatic heterocycles. The van der Waals surface area contributed by atoms with E-state index in [1.54, 1.807) is 0 Å². The Morgan fingerprint density at radius 1 is 0.318 bits per heavy atom. The molecule has 7 aromatic rings. The Bertz CT molecular complexity index is 4720. The van der Waals surface area contributed by atoms with Gasteiger partial charge in [-0.15, -0.1) is 0 Å². The molecule has 0 heterocycles. The van der Waals surface area contributed by atoms with E-state index in [0.717, 1.165) is 42.4 Å². The molecule has 31 nitrogen and oxygen atoms in total. The molecule has 7 rings (SSSR count). The molecule has 0 unspecified atom stereocenters. The van der Waals surface area contributed by atoms with Crippen LogP contribution in [0.5, 0.6) is 0 Å². The maximum atomic E-state index is 13.3. The number of rotatable bonds is 58. The van der Waals surface area contributed by atoms with Crippen LogP contribution in [0.1, 0.15) is 181 Å². The number of quaternary nitrogens is 2. The van der Waals surface area contributed by atoms with Crippen molar-refractivity contribution >= 4 is 55.7 Å². The Labute approximate surface area is 922 Å². The number of aliphatic hydroxyl groups is 4. The fourth-order valence-electron chi connectivity index (χ4n) is 16.2. The monoisotopic (exact) mass is 2400 g/mol. The van der Waals surface area contributed by atoms with Crippen molar-refractivity contribution in [2.24, 2.45) is 52.9 Å². The number of esters is 1. The standard InChI is InChI=1S/C27H31NO2.C23H34NO4P.C23H32NO4P.C12H29NO4P.C10H24NO4P.C9H22NO4P.C6H13NO2.2HI/c1-22(2)18-26(27(29)30-21-25-16-10-5-11-17-25)28(19-23-12-6-3-7-13-23)20-24-14-8-4-9-15-24;2*1-19(2)15-22(23(25)18-29(26,27-3)28-4)24(16-20-11-7-5-8-12-20)17-21-13-9-6-10-14-21;1-10(2)8-11(13(3,4)5)12(14)9-18(15,16-6)17-7;1-8(2)6-9(11(3,4)5)10(12)7-16(13,14)15;1-7(2)5-8(10)9(11)6-15(12,13-3)14-4;1-4(2)3-5(7)6(8)9;;/h3-17,22,26H,18-21H2,1-2H3;5-14,19,22-23,25H,15-18H2,1-4H3;5-14,19,22H,15-18H2,1-4H3;10-12,14H,8-9H2,1-7H3;8-10,12H,6-7H2,1-5H3,(H-,13,14,15);7-9,11H,5-6,10H2,1-4H3;4-5H,3,7H2,1-2H3,(H,8,9);2*1H/q;;;+1;;;;;/p-1/t26-;22-,23-;22-;11-,12-;9-,10-;8-,9-;5-;;/m0000000../s1. The average Bonchev–Trinajstić information content (AvgIpc) is 0.845. The van der Waals surface area contributed by atoms with Crippen molar-refractivity contribution in [3.8, 4) is 0 Å². The molecule has 38 heteroatoms. The number of ether oxygens (including phenoxy) is 1. The predicted octanol–water partition coefficient (Wildman–Crippen LogP) is 14.2. The number of Topliss-reactive ketones (excluding diaryl/α,β-unsaturated/α-hetero) is 1. The molecule has 0 fully saturated rings. The van der Waals surface area contributed by atoms with Crippen molar-refractivity contribution in [1.82, 2.24) is 14.7 Å². The summed E-state index contributed by atoms with van der Waals surface area (Å²) in [4.78, 5) is 61.0. The van der Waals surface area contributed by atoms with Gasteiger partial charge in [0.1, 0.15) is 49.1 Å². The van der Waals surface area contributed by atoms with Crippen LogP contribution in [0, 0.1) is 41.4 Å². The van der Waals surface area contributed by atoms with Crippen molar-refractivity contribution in [3.63, 3.8) is 0 Å². The zero-order valence-corrected chi connectivity index (χ0v) is 102. The highest BCUT2D eigenvalue weighted by molar-refractivity contribution is 7.55. The SMILES string of the molecule is CC(C)C[C@@H](C(=O)OCc1ccccc1)N(Cc1ccccc1)Cc1ccccc1.CC(C)C[C@@H]([C@@H](O)CP(=O)(O)O)[N+](C)(C)C.CC(C)C[C@H](N)C(=O)O.COP(=O)(CC(=O)[C@H](CC(C)C)N(Cc1ccccc1)Cc1ccccc1)OC.COP(=O)(C[C@H](O)[C@@H](N)CC(C)C)OC.COP(=O)(C[C@H](O)[C@H](CC(C)C)N(Cc1ccccc1)Cc1ccccc1)OC.COP(=O)(C[C@H](O)[C@H](CC(C)C)[N+](C)(C)C)OC.[I-].[I-]. The molecule has 0 aliphatic rings. The molecule has 7 aromatic carbocycles. The van der Waals surface area contributed by atoms with Crippen molar-refractivity contribution in [2.75, 3.05) is 130 Å². The first-order valence-electron chi connectivity index (χ1n) is 50.4. The largest absolute Gasteiger partial charge is 1.00 e. The van der Waals surface area contributed by atoms with E-state index in [0.29, 0.717) is 116 Å². The molecule has 0 bridgehead atoms. The van der Waals surface area contributed by atoms with Crippen molar-refractivity contribution in [1.29, 1.82) is 0 Å². The highest BCUT2D eigenvalue weighted by Crippen LogP contribution is 2.51. The summed E-state index contributed by atoms with van der Waals surface area (Å²) in [5.74, 6) is 1.47. The Hall–Kier alpha value is -5.08. The van der Waals surface area contributed by atoms with E-state index in [1.165, 1.54) is 79.1 Å². The van der Waals surface area contributed by atoms with E-state index in [4.69, 9.17) is 67.3 Å². The van der Waals surface area contributed by atoms with Gasteiger partial charge in [-0.25, -0.2) is 0 Å². The molecule has 844 valence electrons. The zero-order valence-electron chi connectivity index (χ0n) is 93.5. The number of nitrogens with two attached hydrogens (primary N) is 2. The quantitative estimate of drug-likeness (QED) is 0.00740. The summed E-state index contributed by atoms with van der Waals surface area (Å²) >= 11 is 0. The number of aliphatic carboxylic acids is 1. The number of halogens is 2. The van der Waals surface area contributed by atoms with Gasteiger partial charge in [0.2, 0.25) is 0 Å². The topological polar surface area (TPSA) is 423 Å². The molecule has 148 heavy (non-hydrogen) atoms. The van der Waals surface area contributed by atoms with Gasteiger partial charge in [-0.05, 0) is 112 Å². The van der Waals surface area contributed by atoms with Crippen LogP contribution in [0.25, 0.3) is 0 Å². The summed E-state index contributed by atoms with van der Waals surface area (Å²) in [5, 5.41) is 49.4. The van der Waals surface area contributed by atoms with E-state index in [2.05, 4.69) is 143 Å². The van der Waals surface area contributed by atoms with Gasteiger partial charge in [0.15, 0.2) is 5.78 Å². The van der Waals surface area contributed by atoms with E-state index < -0.39 is 86.6 Å². The van der Waals surface area contributed by atoms with Gasteiger partial charge in [0.05, 0.1) is 85.2 Å². The van der Waals surface area contributed by atoms with Crippen LogP contribution < -0.4 is 59.4 Å². The first kappa shape index (κ1) is 145. The van der Waals surface area contributed by atoms with E-state index in [1.807, 2.05) is 223 Å². The number of aliphatic hydroxyl groups excluding tert-OH is 4. The van der Waals surface area contributed by atoms with Crippen molar-refractivity contribution < 1.29 is 170 Å². The van der Waals surface area contributed by atoms with Crippen LogP contribution in [-0.4, -0.2) is 273 Å². The smallest absolute Gasteiger partial charge is 0.337 e. The van der Waals surface area contributed by atoms with Crippen LogP contribution >= 0.6 is 38.0 Å². The highest BCUT2D eigenvalue weighted by Gasteiger charge is 2.41. The number of hydrogen-bond acceptors (Lipinski definition) is 26. The van der Waals surface area contributed by atoms with Gasteiger partial charge >= 0.3 is 49.9 Å². The average molecular weight is 2400 g/mol. The van der Waals surface area contributed by atoms with E-state index in [-0.39, 0.29) is 115 Å². The summed E-state index contributed by atoms with van der Waals surface area (Å²) < 4.78 is 106. The van der Waals surface area contributed by atoms with Crippen LogP contribution in [0.4, 0.5) is 0 Å². The van der Waals surface area contributed by atoms with Crippen molar-refractivity contribution in [3.05, 3.63) is 251 Å². The number of carbonyl (C=O) groups is 3. The van der Waals surface area contributed by atoms with Crippen LogP contribution in [0.2, 0.25) is 0 Å². The molecule has 0 aliphatic carbocycles.